The van der Waals surface area contributed by atoms with Gasteiger partial charge in [-0.1, -0.05) is 24.3 Å². The summed E-state index contributed by atoms with van der Waals surface area (Å²) < 4.78 is 0. The Morgan fingerprint density at radius 1 is 1.09 bits per heavy atom. The van der Waals surface area contributed by atoms with E-state index in [-0.39, 0.29) is 24.8 Å². The molecule has 1 aromatic carbocycles. The zero-order chi connectivity index (χ0) is 13.8. The topological polar surface area (TPSA) is 28.2 Å². The van der Waals surface area contributed by atoms with Crippen LogP contribution in [0.1, 0.15) is 18.5 Å². The summed E-state index contributed by atoms with van der Waals surface area (Å²) in [6, 6.07) is 12.7. The SMILES string of the molecule is CNCC1CCN(Cc2ccc3ccccc3n2)CC1.Cl.Cl. The van der Waals surface area contributed by atoms with E-state index in [1.54, 1.807) is 0 Å². The van der Waals surface area contributed by atoms with Gasteiger partial charge >= 0.3 is 0 Å². The van der Waals surface area contributed by atoms with E-state index in [1.165, 1.54) is 37.0 Å². The fourth-order valence-corrected chi connectivity index (χ4v) is 3.06. The van der Waals surface area contributed by atoms with Gasteiger partial charge in [0.25, 0.3) is 0 Å². The first-order valence-corrected chi connectivity index (χ1v) is 7.57. The fraction of sp³-hybridized carbons (Fsp3) is 0.471. The minimum Gasteiger partial charge on any atom is -0.319 e. The molecule has 1 aliphatic heterocycles. The summed E-state index contributed by atoms with van der Waals surface area (Å²) >= 11 is 0. The zero-order valence-electron chi connectivity index (χ0n) is 13.0. The smallest absolute Gasteiger partial charge is 0.0705 e. The van der Waals surface area contributed by atoms with Gasteiger partial charge in [0.15, 0.2) is 0 Å². The number of pyridine rings is 1. The van der Waals surface area contributed by atoms with Crippen LogP contribution in [0.25, 0.3) is 10.9 Å². The van der Waals surface area contributed by atoms with Crippen LogP contribution in [-0.2, 0) is 6.54 Å². The summed E-state index contributed by atoms with van der Waals surface area (Å²) in [7, 11) is 2.05. The zero-order valence-corrected chi connectivity index (χ0v) is 14.6. The molecule has 1 aliphatic rings. The minimum absolute atomic E-state index is 0. The summed E-state index contributed by atoms with van der Waals surface area (Å²) in [5, 5.41) is 4.52. The number of aromatic nitrogens is 1. The molecule has 3 rings (SSSR count). The molecule has 2 aromatic rings. The molecule has 0 atom stereocenters. The highest BCUT2D eigenvalue weighted by molar-refractivity contribution is 5.85. The first-order valence-electron chi connectivity index (χ1n) is 7.57. The van der Waals surface area contributed by atoms with Crippen molar-refractivity contribution >= 4 is 35.7 Å². The maximum Gasteiger partial charge on any atom is 0.0705 e. The highest BCUT2D eigenvalue weighted by Crippen LogP contribution is 2.19. The van der Waals surface area contributed by atoms with Gasteiger partial charge in [-0.25, -0.2) is 0 Å². The normalized spacial score (nSPS) is 16.0. The molecule has 22 heavy (non-hydrogen) atoms. The van der Waals surface area contributed by atoms with Gasteiger partial charge in [-0.05, 0) is 57.6 Å². The van der Waals surface area contributed by atoms with E-state index in [1.807, 2.05) is 7.05 Å². The Hall–Kier alpha value is -0.870. The van der Waals surface area contributed by atoms with E-state index in [0.717, 1.165) is 24.5 Å². The number of hydrogen-bond donors (Lipinski definition) is 1. The van der Waals surface area contributed by atoms with Crippen molar-refractivity contribution in [2.75, 3.05) is 26.7 Å². The van der Waals surface area contributed by atoms with Crippen molar-refractivity contribution in [3.05, 3.63) is 42.1 Å². The molecule has 1 aromatic heterocycles. The lowest BCUT2D eigenvalue weighted by molar-refractivity contribution is 0.175. The molecule has 5 heteroatoms. The molecule has 1 saturated heterocycles. The monoisotopic (exact) mass is 341 g/mol. The maximum atomic E-state index is 4.77. The van der Waals surface area contributed by atoms with Gasteiger partial charge in [0.1, 0.15) is 0 Å². The summed E-state index contributed by atoms with van der Waals surface area (Å²) in [6.07, 6.45) is 2.60. The molecule has 122 valence electrons. The predicted octanol–water partition coefficient (Wildman–Crippen LogP) is 3.51. The maximum absolute atomic E-state index is 4.77. The number of rotatable bonds is 4. The molecular formula is C17H25Cl2N3. The van der Waals surface area contributed by atoms with Gasteiger partial charge in [-0.2, -0.15) is 0 Å². The fourth-order valence-electron chi connectivity index (χ4n) is 3.06. The summed E-state index contributed by atoms with van der Waals surface area (Å²) in [6.45, 7) is 4.53. The summed E-state index contributed by atoms with van der Waals surface area (Å²) in [4.78, 5) is 7.30. The van der Waals surface area contributed by atoms with Crippen LogP contribution in [0, 0.1) is 5.92 Å². The molecule has 1 fully saturated rings. The Morgan fingerprint density at radius 2 is 1.82 bits per heavy atom. The number of piperidine rings is 1. The molecule has 0 amide bonds. The Labute approximate surface area is 145 Å². The second-order valence-electron chi connectivity index (χ2n) is 5.77. The van der Waals surface area contributed by atoms with Crippen LogP contribution in [0.4, 0.5) is 0 Å². The van der Waals surface area contributed by atoms with Crippen molar-refractivity contribution in [1.82, 2.24) is 15.2 Å². The van der Waals surface area contributed by atoms with Gasteiger partial charge in [0.05, 0.1) is 11.2 Å². The Bertz CT molecular complexity index is 569. The Balaban J connectivity index is 0.00000121. The number of hydrogen-bond acceptors (Lipinski definition) is 3. The highest BCUT2D eigenvalue weighted by atomic mass is 35.5. The third kappa shape index (κ3) is 4.82. The molecule has 0 radical (unpaired) electrons. The van der Waals surface area contributed by atoms with Crippen LogP contribution in [0.2, 0.25) is 0 Å². The van der Waals surface area contributed by atoms with Crippen LogP contribution in [0.3, 0.4) is 0 Å². The minimum atomic E-state index is 0. The molecule has 0 saturated carbocycles. The van der Waals surface area contributed by atoms with E-state index < -0.39 is 0 Å². The van der Waals surface area contributed by atoms with Crippen molar-refractivity contribution in [2.24, 2.45) is 5.92 Å². The van der Waals surface area contributed by atoms with Crippen LogP contribution in [0.15, 0.2) is 36.4 Å². The van der Waals surface area contributed by atoms with E-state index >= 15 is 0 Å². The number of benzene rings is 1. The average molecular weight is 342 g/mol. The quantitative estimate of drug-likeness (QED) is 0.922. The van der Waals surface area contributed by atoms with Gasteiger partial charge < -0.3 is 5.32 Å². The van der Waals surface area contributed by atoms with Gasteiger partial charge in [0, 0.05) is 11.9 Å². The highest BCUT2D eigenvalue weighted by Gasteiger charge is 2.18. The van der Waals surface area contributed by atoms with Gasteiger partial charge in [-0.3, -0.25) is 9.88 Å². The Kier molecular flexibility index (Phi) is 8.12. The van der Waals surface area contributed by atoms with E-state index in [4.69, 9.17) is 4.98 Å². The summed E-state index contributed by atoms with van der Waals surface area (Å²) in [5.74, 6) is 0.848. The number of para-hydroxylation sites is 1. The molecule has 2 heterocycles. The van der Waals surface area contributed by atoms with Gasteiger partial charge in [0.2, 0.25) is 0 Å². The number of fused-ring (bicyclic) bond motifs is 1. The lowest BCUT2D eigenvalue weighted by Crippen LogP contribution is -2.36. The average Bonchev–Trinajstić information content (AvgIpc) is 2.49. The number of nitrogens with one attached hydrogen (secondary N) is 1. The lowest BCUT2D eigenvalue weighted by Gasteiger charge is -2.31. The number of nitrogens with zero attached hydrogens (tertiary/aromatic N) is 2. The Morgan fingerprint density at radius 3 is 2.55 bits per heavy atom. The summed E-state index contributed by atoms with van der Waals surface area (Å²) in [5.41, 5.74) is 2.30. The first kappa shape index (κ1) is 19.2. The van der Waals surface area contributed by atoms with E-state index in [9.17, 15) is 0 Å². The largest absolute Gasteiger partial charge is 0.319 e. The van der Waals surface area contributed by atoms with Crippen LogP contribution < -0.4 is 5.32 Å². The molecular weight excluding hydrogens is 317 g/mol. The van der Waals surface area contributed by atoms with Crippen molar-refractivity contribution < 1.29 is 0 Å². The molecule has 0 unspecified atom stereocenters. The number of likely N-dealkylation sites (tertiary alicyclic amines) is 1. The van der Waals surface area contributed by atoms with Crippen LogP contribution in [-0.4, -0.2) is 36.6 Å². The standard InChI is InChI=1S/C17H23N3.2ClH/c1-18-12-14-8-10-20(11-9-14)13-16-7-6-15-4-2-3-5-17(15)19-16;;/h2-7,14,18H,8-13H2,1H3;2*1H. The van der Waals surface area contributed by atoms with E-state index in [2.05, 4.69) is 46.6 Å². The molecule has 0 spiro atoms. The molecule has 1 N–H and O–H groups in total. The van der Waals surface area contributed by atoms with Gasteiger partial charge in [-0.15, -0.1) is 24.8 Å². The number of halogens is 2. The lowest BCUT2D eigenvalue weighted by atomic mass is 9.97. The molecule has 0 aliphatic carbocycles. The third-order valence-electron chi connectivity index (χ3n) is 4.24. The second kappa shape index (κ2) is 9.31. The van der Waals surface area contributed by atoms with Crippen molar-refractivity contribution in [3.8, 4) is 0 Å². The van der Waals surface area contributed by atoms with Crippen LogP contribution >= 0.6 is 24.8 Å². The van der Waals surface area contributed by atoms with Crippen LogP contribution in [0.5, 0.6) is 0 Å². The van der Waals surface area contributed by atoms with E-state index in [0.29, 0.717) is 0 Å². The second-order valence-corrected chi connectivity index (χ2v) is 5.77. The van der Waals surface area contributed by atoms with Crippen molar-refractivity contribution in [3.63, 3.8) is 0 Å². The molecule has 0 bridgehead atoms. The van der Waals surface area contributed by atoms with Crippen molar-refractivity contribution in [1.29, 1.82) is 0 Å². The predicted molar refractivity (Wildman–Crippen MR) is 98.2 cm³/mol. The third-order valence-corrected chi connectivity index (χ3v) is 4.24. The molecule has 3 nitrogen and oxygen atoms in total. The van der Waals surface area contributed by atoms with Crippen molar-refractivity contribution in [2.45, 2.75) is 19.4 Å². The first-order chi connectivity index (χ1) is 9.85.